The maximum atomic E-state index is 13.3. The van der Waals surface area contributed by atoms with Crippen LogP contribution in [0.4, 0.5) is 10.1 Å². The summed E-state index contributed by atoms with van der Waals surface area (Å²) < 4.78 is 14.3. The van der Waals surface area contributed by atoms with Gasteiger partial charge in [0, 0.05) is 4.47 Å². The van der Waals surface area contributed by atoms with Crippen LogP contribution < -0.4 is 5.32 Å². The molecule has 1 nitrogen and oxygen atoms in total. The highest BCUT2D eigenvalue weighted by Gasteiger charge is 2.11. The number of benzene rings is 2. The Morgan fingerprint density at radius 3 is 2.74 bits per heavy atom. The van der Waals surface area contributed by atoms with Crippen molar-refractivity contribution >= 4 is 33.2 Å². The van der Waals surface area contributed by atoms with Crippen LogP contribution in [0.15, 0.2) is 46.9 Å². The molecule has 0 heterocycles. The molecule has 19 heavy (non-hydrogen) atoms. The molecular formula is C15H14BrClFN. The van der Waals surface area contributed by atoms with Crippen LogP contribution in [0.2, 0.25) is 5.02 Å². The Bertz CT molecular complexity index is 574. The van der Waals surface area contributed by atoms with Gasteiger partial charge in [0.15, 0.2) is 0 Å². The molecule has 0 radical (unpaired) electrons. The van der Waals surface area contributed by atoms with Crippen molar-refractivity contribution in [3.05, 3.63) is 63.3 Å². The molecule has 100 valence electrons. The van der Waals surface area contributed by atoms with Gasteiger partial charge in [0.2, 0.25) is 0 Å². The van der Waals surface area contributed by atoms with Gasteiger partial charge in [-0.3, -0.25) is 0 Å². The van der Waals surface area contributed by atoms with E-state index in [2.05, 4.69) is 28.2 Å². The highest BCUT2D eigenvalue weighted by Crippen LogP contribution is 2.29. The number of rotatable bonds is 4. The average molecular weight is 343 g/mol. The number of hydrogen-bond donors (Lipinski definition) is 1. The molecule has 0 aliphatic heterocycles. The van der Waals surface area contributed by atoms with E-state index in [0.29, 0.717) is 10.7 Å². The molecule has 0 amide bonds. The van der Waals surface area contributed by atoms with Crippen molar-refractivity contribution in [1.29, 1.82) is 0 Å². The maximum absolute atomic E-state index is 13.3. The molecular weight excluding hydrogens is 329 g/mol. The lowest BCUT2D eigenvalue weighted by atomic mass is 10.0. The molecule has 1 unspecified atom stereocenters. The second-order valence-electron chi connectivity index (χ2n) is 4.28. The van der Waals surface area contributed by atoms with Crippen molar-refractivity contribution in [2.75, 3.05) is 5.32 Å². The molecule has 0 bridgehead atoms. The maximum Gasteiger partial charge on any atom is 0.125 e. The Labute approximate surface area is 125 Å². The second kappa shape index (κ2) is 6.40. The van der Waals surface area contributed by atoms with Crippen LogP contribution in [0.5, 0.6) is 0 Å². The van der Waals surface area contributed by atoms with E-state index in [1.165, 1.54) is 12.1 Å². The first-order valence-corrected chi connectivity index (χ1v) is 7.24. The second-order valence-corrected chi connectivity index (χ2v) is 5.61. The molecule has 0 aromatic heterocycles. The average Bonchev–Trinajstić information content (AvgIpc) is 2.39. The fourth-order valence-electron chi connectivity index (χ4n) is 1.94. The standard InChI is InChI=1S/C15H14BrClFN/c1-2-14(10-4-3-5-11(16)8-10)19-15-9-12(18)6-7-13(15)17/h3-9,14,19H,2H2,1H3. The lowest BCUT2D eigenvalue weighted by Gasteiger charge is -2.20. The van der Waals surface area contributed by atoms with Crippen LogP contribution in [0.1, 0.15) is 24.9 Å². The summed E-state index contributed by atoms with van der Waals surface area (Å²) in [5.41, 5.74) is 1.76. The number of anilines is 1. The van der Waals surface area contributed by atoms with Crippen LogP contribution in [0.3, 0.4) is 0 Å². The van der Waals surface area contributed by atoms with Crippen LogP contribution in [-0.4, -0.2) is 0 Å². The minimum atomic E-state index is -0.295. The predicted octanol–water partition coefficient (Wildman–Crippen LogP) is 5.80. The van der Waals surface area contributed by atoms with E-state index in [0.717, 1.165) is 16.5 Å². The van der Waals surface area contributed by atoms with Crippen LogP contribution in [-0.2, 0) is 0 Å². The first-order valence-electron chi connectivity index (χ1n) is 6.07. The summed E-state index contributed by atoms with van der Waals surface area (Å²) in [7, 11) is 0. The van der Waals surface area contributed by atoms with Crippen molar-refractivity contribution in [2.45, 2.75) is 19.4 Å². The summed E-state index contributed by atoms with van der Waals surface area (Å²) in [6, 6.07) is 12.5. The van der Waals surface area contributed by atoms with Crippen LogP contribution in [0, 0.1) is 5.82 Å². The zero-order valence-corrected chi connectivity index (χ0v) is 12.8. The fourth-order valence-corrected chi connectivity index (χ4v) is 2.53. The van der Waals surface area contributed by atoms with Gasteiger partial charge in [-0.2, -0.15) is 0 Å². The van der Waals surface area contributed by atoms with E-state index in [1.807, 2.05) is 24.3 Å². The monoisotopic (exact) mass is 341 g/mol. The molecule has 0 aliphatic rings. The van der Waals surface area contributed by atoms with Gasteiger partial charge in [0.25, 0.3) is 0 Å². The number of nitrogens with one attached hydrogen (secondary N) is 1. The molecule has 0 spiro atoms. The van der Waals surface area contributed by atoms with Gasteiger partial charge in [-0.1, -0.05) is 46.6 Å². The Hall–Kier alpha value is -1.06. The van der Waals surface area contributed by atoms with Gasteiger partial charge < -0.3 is 5.32 Å². The zero-order chi connectivity index (χ0) is 13.8. The molecule has 2 rings (SSSR count). The summed E-state index contributed by atoms with van der Waals surface area (Å²) in [5, 5.41) is 3.81. The molecule has 2 aromatic carbocycles. The van der Waals surface area contributed by atoms with Gasteiger partial charge in [0.05, 0.1) is 16.8 Å². The largest absolute Gasteiger partial charge is 0.377 e. The van der Waals surface area contributed by atoms with Crippen molar-refractivity contribution in [3.8, 4) is 0 Å². The molecule has 0 aliphatic carbocycles. The van der Waals surface area contributed by atoms with E-state index in [4.69, 9.17) is 11.6 Å². The smallest absolute Gasteiger partial charge is 0.125 e. The minimum Gasteiger partial charge on any atom is -0.377 e. The van der Waals surface area contributed by atoms with Crippen LogP contribution in [0.25, 0.3) is 0 Å². The zero-order valence-electron chi connectivity index (χ0n) is 10.5. The third kappa shape index (κ3) is 3.71. The summed E-state index contributed by atoms with van der Waals surface area (Å²) in [5.74, 6) is -0.295. The van der Waals surface area contributed by atoms with Crippen molar-refractivity contribution in [1.82, 2.24) is 0 Å². The number of halogens is 3. The van der Waals surface area contributed by atoms with E-state index in [9.17, 15) is 4.39 Å². The third-order valence-corrected chi connectivity index (χ3v) is 3.74. The minimum absolute atomic E-state index is 0.0943. The quantitative estimate of drug-likeness (QED) is 0.740. The molecule has 2 aromatic rings. The topological polar surface area (TPSA) is 12.0 Å². The highest BCUT2D eigenvalue weighted by molar-refractivity contribution is 9.10. The highest BCUT2D eigenvalue weighted by atomic mass is 79.9. The molecule has 1 atom stereocenters. The normalized spacial score (nSPS) is 12.2. The molecule has 0 saturated carbocycles. The van der Waals surface area contributed by atoms with Gasteiger partial charge in [-0.15, -0.1) is 0 Å². The van der Waals surface area contributed by atoms with Crippen molar-refractivity contribution in [3.63, 3.8) is 0 Å². The fraction of sp³-hybridized carbons (Fsp3) is 0.200. The number of hydrogen-bond acceptors (Lipinski definition) is 1. The summed E-state index contributed by atoms with van der Waals surface area (Å²) in [4.78, 5) is 0. The summed E-state index contributed by atoms with van der Waals surface area (Å²) >= 11 is 9.53. The molecule has 4 heteroatoms. The van der Waals surface area contributed by atoms with Crippen molar-refractivity contribution < 1.29 is 4.39 Å². The van der Waals surface area contributed by atoms with Gasteiger partial charge >= 0.3 is 0 Å². The van der Waals surface area contributed by atoms with Gasteiger partial charge in [0.1, 0.15) is 5.82 Å². The predicted molar refractivity (Wildman–Crippen MR) is 82.2 cm³/mol. The summed E-state index contributed by atoms with van der Waals surface area (Å²) in [6.45, 7) is 2.08. The third-order valence-electron chi connectivity index (χ3n) is 2.92. The van der Waals surface area contributed by atoms with E-state index >= 15 is 0 Å². The lowest BCUT2D eigenvalue weighted by molar-refractivity contribution is 0.627. The first-order chi connectivity index (χ1) is 9.10. The van der Waals surface area contributed by atoms with Gasteiger partial charge in [-0.25, -0.2) is 4.39 Å². The Kier molecular flexibility index (Phi) is 4.83. The SMILES string of the molecule is CCC(Nc1cc(F)ccc1Cl)c1cccc(Br)c1. The Morgan fingerprint density at radius 2 is 2.05 bits per heavy atom. The first kappa shape index (κ1) is 14.4. The lowest BCUT2D eigenvalue weighted by Crippen LogP contribution is -2.10. The van der Waals surface area contributed by atoms with Crippen LogP contribution >= 0.6 is 27.5 Å². The van der Waals surface area contributed by atoms with E-state index in [1.54, 1.807) is 6.07 Å². The summed E-state index contributed by atoms with van der Waals surface area (Å²) in [6.07, 6.45) is 0.878. The molecule has 0 fully saturated rings. The molecule has 1 N–H and O–H groups in total. The van der Waals surface area contributed by atoms with Gasteiger partial charge in [-0.05, 0) is 42.3 Å². The Balaban J connectivity index is 2.26. The van der Waals surface area contributed by atoms with E-state index < -0.39 is 0 Å². The van der Waals surface area contributed by atoms with E-state index in [-0.39, 0.29) is 11.9 Å². The molecule has 0 saturated heterocycles. The van der Waals surface area contributed by atoms with Crippen molar-refractivity contribution in [2.24, 2.45) is 0 Å². The Morgan fingerprint density at radius 1 is 1.26 bits per heavy atom.